The largest absolute Gasteiger partial charge is 0.355 e. The first-order chi connectivity index (χ1) is 9.46. The fourth-order valence-corrected chi connectivity index (χ4v) is 4.04. The molecule has 3 unspecified atom stereocenters. The highest BCUT2D eigenvalue weighted by Crippen LogP contribution is 2.32. The lowest BCUT2D eigenvalue weighted by atomic mass is 9.77. The number of nitrogens with one attached hydrogen (secondary N) is 2. The first-order valence-corrected chi connectivity index (χ1v) is 9.73. The van der Waals surface area contributed by atoms with Gasteiger partial charge in [-0.25, -0.2) is 8.42 Å². The van der Waals surface area contributed by atoms with Crippen molar-refractivity contribution in [2.45, 2.75) is 57.0 Å². The van der Waals surface area contributed by atoms with Gasteiger partial charge >= 0.3 is 0 Å². The summed E-state index contributed by atoms with van der Waals surface area (Å²) in [6.07, 6.45) is 8.81. The molecule has 116 valence electrons. The second-order valence-electron chi connectivity index (χ2n) is 6.22. The van der Waals surface area contributed by atoms with Crippen LogP contribution in [0.25, 0.3) is 0 Å². The van der Waals surface area contributed by atoms with Crippen molar-refractivity contribution in [2.24, 2.45) is 5.92 Å². The molecule has 0 aromatic carbocycles. The molecule has 1 aliphatic heterocycles. The van der Waals surface area contributed by atoms with Crippen LogP contribution < -0.4 is 10.6 Å². The Kier molecular flexibility index (Phi) is 5.43. The van der Waals surface area contributed by atoms with Crippen molar-refractivity contribution in [3.63, 3.8) is 0 Å². The highest BCUT2D eigenvalue weighted by atomic mass is 32.2. The fourth-order valence-electron chi connectivity index (χ4n) is 3.37. The molecule has 1 saturated carbocycles. The van der Waals surface area contributed by atoms with E-state index in [0.29, 0.717) is 19.0 Å². The van der Waals surface area contributed by atoms with E-state index in [4.69, 9.17) is 0 Å². The molecule has 0 aromatic rings. The Hall–Kier alpha value is -0.620. The zero-order valence-corrected chi connectivity index (χ0v) is 13.0. The van der Waals surface area contributed by atoms with E-state index in [1.54, 1.807) is 0 Å². The lowest BCUT2D eigenvalue weighted by Crippen LogP contribution is -2.55. The van der Waals surface area contributed by atoms with Crippen LogP contribution in [-0.4, -0.2) is 45.0 Å². The Morgan fingerprint density at radius 3 is 2.70 bits per heavy atom. The summed E-state index contributed by atoms with van der Waals surface area (Å²) in [6, 6.07) is 0.414. The maximum absolute atomic E-state index is 12.1. The van der Waals surface area contributed by atoms with Crippen LogP contribution in [0, 0.1) is 5.92 Å². The molecule has 0 bridgehead atoms. The van der Waals surface area contributed by atoms with Gasteiger partial charge < -0.3 is 10.6 Å². The summed E-state index contributed by atoms with van der Waals surface area (Å²) in [5.41, 5.74) is 0. The van der Waals surface area contributed by atoms with Gasteiger partial charge in [-0.15, -0.1) is 0 Å². The smallest absolute Gasteiger partial charge is 0.237 e. The summed E-state index contributed by atoms with van der Waals surface area (Å²) in [7, 11) is -2.93. The predicted molar refractivity (Wildman–Crippen MR) is 79.2 cm³/mol. The minimum atomic E-state index is -2.93. The number of rotatable bonds is 5. The number of carbonyl (C=O) groups is 1. The quantitative estimate of drug-likeness (QED) is 0.738. The highest BCUT2D eigenvalue weighted by molar-refractivity contribution is 7.90. The number of hydrogen-bond acceptors (Lipinski definition) is 4. The molecule has 20 heavy (non-hydrogen) atoms. The zero-order valence-electron chi connectivity index (χ0n) is 12.2. The van der Waals surface area contributed by atoms with Gasteiger partial charge in [-0.2, -0.15) is 0 Å². The highest BCUT2D eigenvalue weighted by Gasteiger charge is 2.34. The second-order valence-corrected chi connectivity index (χ2v) is 8.48. The number of fused-ring (bicyclic) bond motifs is 1. The van der Waals surface area contributed by atoms with E-state index in [2.05, 4.69) is 10.6 Å². The molecule has 6 heteroatoms. The van der Waals surface area contributed by atoms with Crippen LogP contribution in [0.1, 0.15) is 44.9 Å². The molecule has 0 radical (unpaired) electrons. The van der Waals surface area contributed by atoms with Gasteiger partial charge in [0.05, 0.1) is 11.8 Å². The van der Waals surface area contributed by atoms with E-state index in [9.17, 15) is 13.2 Å². The Bertz CT molecular complexity index is 436. The van der Waals surface area contributed by atoms with Crippen LogP contribution >= 0.6 is 0 Å². The Balaban J connectivity index is 1.70. The number of sulfone groups is 1. The SMILES string of the molecule is CS(=O)(=O)CCCNC(=O)C1CCC2CCCCC2N1. The molecular formula is C14H26N2O3S. The van der Waals surface area contributed by atoms with Crippen molar-refractivity contribution in [3.05, 3.63) is 0 Å². The average Bonchev–Trinajstić information content (AvgIpc) is 2.42. The summed E-state index contributed by atoms with van der Waals surface area (Å²) >= 11 is 0. The van der Waals surface area contributed by atoms with Gasteiger partial charge in [0.2, 0.25) is 5.91 Å². The van der Waals surface area contributed by atoms with Gasteiger partial charge in [-0.1, -0.05) is 12.8 Å². The molecule has 3 atom stereocenters. The Labute approximate surface area is 121 Å². The molecule has 2 N–H and O–H groups in total. The van der Waals surface area contributed by atoms with Crippen LogP contribution in [0.4, 0.5) is 0 Å². The summed E-state index contributed by atoms with van der Waals surface area (Å²) in [4.78, 5) is 12.1. The standard InChI is InChI=1S/C14H26N2O3S/c1-20(18,19)10-4-9-15-14(17)13-8-7-11-5-2-3-6-12(11)16-13/h11-13,16H,2-10H2,1H3,(H,15,17). The van der Waals surface area contributed by atoms with E-state index >= 15 is 0 Å². The Morgan fingerprint density at radius 1 is 1.20 bits per heavy atom. The molecular weight excluding hydrogens is 276 g/mol. The Morgan fingerprint density at radius 2 is 1.95 bits per heavy atom. The third-order valence-corrected chi connectivity index (χ3v) is 5.49. The number of amides is 1. The first kappa shape index (κ1) is 15.8. The van der Waals surface area contributed by atoms with Crippen LogP contribution in [0.2, 0.25) is 0 Å². The molecule has 2 fully saturated rings. The van der Waals surface area contributed by atoms with Crippen molar-refractivity contribution in [1.29, 1.82) is 0 Å². The number of hydrogen-bond donors (Lipinski definition) is 2. The topological polar surface area (TPSA) is 75.3 Å². The van der Waals surface area contributed by atoms with E-state index in [0.717, 1.165) is 18.8 Å². The lowest BCUT2D eigenvalue weighted by Gasteiger charge is -2.39. The van der Waals surface area contributed by atoms with Gasteiger partial charge in [0.1, 0.15) is 9.84 Å². The minimum Gasteiger partial charge on any atom is -0.355 e. The summed E-state index contributed by atoms with van der Waals surface area (Å²) in [5, 5.41) is 6.34. The molecule has 2 aliphatic rings. The van der Waals surface area contributed by atoms with E-state index in [1.165, 1.54) is 31.9 Å². The van der Waals surface area contributed by atoms with Crippen LogP contribution in [0.5, 0.6) is 0 Å². The van der Waals surface area contributed by atoms with Crippen molar-refractivity contribution in [3.8, 4) is 0 Å². The average molecular weight is 302 g/mol. The van der Waals surface area contributed by atoms with Crippen molar-refractivity contribution in [2.75, 3.05) is 18.6 Å². The number of piperidine rings is 1. The third kappa shape index (κ3) is 4.74. The lowest BCUT2D eigenvalue weighted by molar-refractivity contribution is -0.124. The number of carbonyl (C=O) groups excluding carboxylic acids is 1. The van der Waals surface area contributed by atoms with Crippen LogP contribution in [0.15, 0.2) is 0 Å². The molecule has 0 spiro atoms. The molecule has 1 heterocycles. The van der Waals surface area contributed by atoms with E-state index in [1.807, 2.05) is 0 Å². The molecule has 0 aromatic heterocycles. The summed E-state index contributed by atoms with van der Waals surface area (Å²) in [5.74, 6) is 0.913. The normalized spacial score (nSPS) is 30.6. The van der Waals surface area contributed by atoms with E-state index < -0.39 is 9.84 Å². The molecule has 5 nitrogen and oxygen atoms in total. The van der Waals surface area contributed by atoms with E-state index in [-0.39, 0.29) is 17.7 Å². The van der Waals surface area contributed by atoms with Crippen molar-refractivity contribution >= 4 is 15.7 Å². The summed E-state index contributed by atoms with van der Waals surface area (Å²) in [6.45, 7) is 0.443. The van der Waals surface area contributed by atoms with Gasteiger partial charge in [0.25, 0.3) is 0 Å². The maximum Gasteiger partial charge on any atom is 0.237 e. The maximum atomic E-state index is 12.1. The van der Waals surface area contributed by atoms with Gasteiger partial charge in [0, 0.05) is 18.8 Å². The second kappa shape index (κ2) is 6.89. The molecule has 2 rings (SSSR count). The molecule has 1 aliphatic carbocycles. The van der Waals surface area contributed by atoms with Crippen LogP contribution in [0.3, 0.4) is 0 Å². The van der Waals surface area contributed by atoms with Gasteiger partial charge in [0.15, 0.2) is 0 Å². The van der Waals surface area contributed by atoms with Gasteiger partial charge in [-0.3, -0.25) is 4.79 Å². The fraction of sp³-hybridized carbons (Fsp3) is 0.929. The zero-order chi connectivity index (χ0) is 14.6. The van der Waals surface area contributed by atoms with Crippen molar-refractivity contribution < 1.29 is 13.2 Å². The van der Waals surface area contributed by atoms with Crippen molar-refractivity contribution in [1.82, 2.24) is 10.6 Å². The molecule has 1 amide bonds. The summed E-state index contributed by atoms with van der Waals surface area (Å²) < 4.78 is 22.0. The molecule has 1 saturated heterocycles. The monoisotopic (exact) mass is 302 g/mol. The van der Waals surface area contributed by atoms with Crippen LogP contribution in [-0.2, 0) is 14.6 Å². The minimum absolute atomic E-state index is 0.0301. The van der Waals surface area contributed by atoms with Gasteiger partial charge in [-0.05, 0) is 38.0 Å². The third-order valence-electron chi connectivity index (χ3n) is 4.46. The first-order valence-electron chi connectivity index (χ1n) is 7.67. The predicted octanol–water partition coefficient (Wildman–Crippen LogP) is 0.848.